The van der Waals surface area contributed by atoms with Crippen LogP contribution in [0.5, 0.6) is 0 Å². The maximum absolute atomic E-state index is 9.70. The van der Waals surface area contributed by atoms with E-state index in [2.05, 4.69) is 55.3 Å². The highest BCUT2D eigenvalue weighted by atomic mass is 16.3. The van der Waals surface area contributed by atoms with Crippen molar-refractivity contribution in [1.82, 2.24) is 10.2 Å². The third kappa shape index (κ3) is 3.56. The maximum atomic E-state index is 9.70. The first-order chi connectivity index (χ1) is 9.02. The Balaban J connectivity index is 2.14. The molecule has 2 N–H and O–H groups in total. The summed E-state index contributed by atoms with van der Waals surface area (Å²) >= 11 is 0. The van der Waals surface area contributed by atoms with Crippen LogP contribution in [0.15, 0.2) is 24.3 Å². The molecular formula is C16H26N2O. The molecular weight excluding hydrogens is 236 g/mol. The van der Waals surface area contributed by atoms with Gasteiger partial charge in [-0.15, -0.1) is 0 Å². The fraction of sp³-hybridized carbons (Fsp3) is 0.625. The Morgan fingerprint density at radius 2 is 1.74 bits per heavy atom. The van der Waals surface area contributed by atoms with Gasteiger partial charge in [0.2, 0.25) is 0 Å². The predicted molar refractivity (Wildman–Crippen MR) is 79.4 cm³/mol. The van der Waals surface area contributed by atoms with Crippen molar-refractivity contribution >= 4 is 0 Å². The van der Waals surface area contributed by atoms with E-state index >= 15 is 0 Å². The molecule has 1 saturated heterocycles. The van der Waals surface area contributed by atoms with Gasteiger partial charge in [-0.1, -0.05) is 45.0 Å². The summed E-state index contributed by atoms with van der Waals surface area (Å²) in [5.41, 5.74) is 2.74. The van der Waals surface area contributed by atoms with Crippen LogP contribution < -0.4 is 5.32 Å². The molecule has 3 heteroatoms. The van der Waals surface area contributed by atoms with E-state index in [0.29, 0.717) is 0 Å². The molecule has 0 amide bonds. The van der Waals surface area contributed by atoms with E-state index < -0.39 is 0 Å². The van der Waals surface area contributed by atoms with E-state index in [0.717, 1.165) is 26.2 Å². The zero-order valence-electron chi connectivity index (χ0n) is 12.3. The van der Waals surface area contributed by atoms with Gasteiger partial charge in [-0.25, -0.2) is 0 Å². The first kappa shape index (κ1) is 14.5. The summed E-state index contributed by atoms with van der Waals surface area (Å²) in [7, 11) is 0. The van der Waals surface area contributed by atoms with E-state index in [1.165, 1.54) is 11.1 Å². The molecule has 2 rings (SSSR count). The van der Waals surface area contributed by atoms with E-state index in [-0.39, 0.29) is 18.1 Å². The Morgan fingerprint density at radius 3 is 2.21 bits per heavy atom. The van der Waals surface area contributed by atoms with Crippen LogP contribution in [0.4, 0.5) is 0 Å². The molecule has 1 heterocycles. The SMILES string of the molecule is CC(C)(C)c1ccc(C(CO)N2CCNCC2)cc1. The average Bonchev–Trinajstić information content (AvgIpc) is 2.40. The van der Waals surface area contributed by atoms with Crippen LogP contribution in [-0.4, -0.2) is 42.8 Å². The van der Waals surface area contributed by atoms with Crippen LogP contribution in [0.1, 0.15) is 37.9 Å². The lowest BCUT2D eigenvalue weighted by molar-refractivity contribution is 0.111. The monoisotopic (exact) mass is 262 g/mol. The second-order valence-corrected chi connectivity index (χ2v) is 6.36. The van der Waals surface area contributed by atoms with Gasteiger partial charge in [0.05, 0.1) is 12.6 Å². The Kier molecular flexibility index (Phi) is 4.61. The highest BCUT2D eigenvalue weighted by molar-refractivity contribution is 5.29. The number of aliphatic hydroxyl groups excluding tert-OH is 1. The number of piperazine rings is 1. The summed E-state index contributed by atoms with van der Waals surface area (Å²) in [5.74, 6) is 0. The number of benzene rings is 1. The largest absolute Gasteiger partial charge is 0.394 e. The topological polar surface area (TPSA) is 35.5 Å². The van der Waals surface area contributed by atoms with Crippen molar-refractivity contribution in [3.05, 3.63) is 35.4 Å². The molecule has 0 bridgehead atoms. The predicted octanol–water partition coefficient (Wildman–Crippen LogP) is 1.92. The number of rotatable bonds is 3. The molecule has 0 saturated carbocycles. The zero-order valence-corrected chi connectivity index (χ0v) is 12.3. The van der Waals surface area contributed by atoms with Gasteiger partial charge < -0.3 is 10.4 Å². The molecule has 1 atom stereocenters. The third-order valence-corrected chi connectivity index (χ3v) is 3.93. The van der Waals surface area contributed by atoms with Crippen molar-refractivity contribution in [2.75, 3.05) is 32.8 Å². The Morgan fingerprint density at radius 1 is 1.16 bits per heavy atom. The first-order valence-corrected chi connectivity index (χ1v) is 7.18. The minimum atomic E-state index is 0.135. The van der Waals surface area contributed by atoms with E-state index in [4.69, 9.17) is 0 Å². The van der Waals surface area contributed by atoms with Crippen LogP contribution in [0.3, 0.4) is 0 Å². The zero-order chi connectivity index (χ0) is 13.9. The van der Waals surface area contributed by atoms with Gasteiger partial charge in [0.15, 0.2) is 0 Å². The van der Waals surface area contributed by atoms with Crippen molar-refractivity contribution in [3.8, 4) is 0 Å². The fourth-order valence-electron chi connectivity index (χ4n) is 2.63. The lowest BCUT2D eigenvalue weighted by Crippen LogP contribution is -2.46. The summed E-state index contributed by atoms with van der Waals surface area (Å²) < 4.78 is 0. The minimum absolute atomic E-state index is 0.135. The molecule has 0 aromatic heterocycles. The van der Waals surface area contributed by atoms with E-state index in [1.54, 1.807) is 0 Å². The van der Waals surface area contributed by atoms with E-state index in [9.17, 15) is 5.11 Å². The molecule has 1 aromatic carbocycles. The summed E-state index contributed by atoms with van der Waals surface area (Å²) in [6.45, 7) is 10.9. The number of nitrogens with one attached hydrogen (secondary N) is 1. The molecule has 1 fully saturated rings. The number of aliphatic hydroxyl groups is 1. The number of nitrogens with zero attached hydrogens (tertiary/aromatic N) is 1. The number of hydrogen-bond acceptors (Lipinski definition) is 3. The van der Waals surface area contributed by atoms with Crippen LogP contribution in [0.2, 0.25) is 0 Å². The summed E-state index contributed by atoms with van der Waals surface area (Å²) in [4.78, 5) is 2.36. The Hall–Kier alpha value is -0.900. The van der Waals surface area contributed by atoms with Crippen LogP contribution in [0.25, 0.3) is 0 Å². The molecule has 0 radical (unpaired) electrons. The van der Waals surface area contributed by atoms with Crippen molar-refractivity contribution in [3.63, 3.8) is 0 Å². The molecule has 1 aliphatic heterocycles. The van der Waals surface area contributed by atoms with Crippen LogP contribution in [-0.2, 0) is 5.41 Å². The highest BCUT2D eigenvalue weighted by Gasteiger charge is 2.22. The normalized spacial score (nSPS) is 19.4. The summed E-state index contributed by atoms with van der Waals surface area (Å²) in [6, 6.07) is 8.86. The molecule has 19 heavy (non-hydrogen) atoms. The molecule has 0 spiro atoms. The van der Waals surface area contributed by atoms with Gasteiger partial charge in [0, 0.05) is 26.2 Å². The quantitative estimate of drug-likeness (QED) is 0.873. The molecule has 106 valence electrons. The van der Waals surface area contributed by atoms with Crippen molar-refractivity contribution in [1.29, 1.82) is 0 Å². The fourth-order valence-corrected chi connectivity index (χ4v) is 2.63. The van der Waals surface area contributed by atoms with E-state index in [1.807, 2.05) is 0 Å². The Labute approximate surface area is 116 Å². The van der Waals surface area contributed by atoms with Crippen molar-refractivity contribution in [2.24, 2.45) is 0 Å². The molecule has 0 aliphatic carbocycles. The maximum Gasteiger partial charge on any atom is 0.0628 e. The minimum Gasteiger partial charge on any atom is -0.394 e. The summed E-state index contributed by atoms with van der Waals surface area (Å²) in [5, 5.41) is 13.0. The third-order valence-electron chi connectivity index (χ3n) is 3.93. The van der Waals surface area contributed by atoms with Crippen LogP contribution in [0, 0.1) is 0 Å². The van der Waals surface area contributed by atoms with Crippen molar-refractivity contribution < 1.29 is 5.11 Å². The van der Waals surface area contributed by atoms with Gasteiger partial charge in [0.1, 0.15) is 0 Å². The Bertz CT molecular complexity index is 388. The number of hydrogen-bond donors (Lipinski definition) is 2. The van der Waals surface area contributed by atoms with Gasteiger partial charge in [-0.3, -0.25) is 4.90 Å². The van der Waals surface area contributed by atoms with Gasteiger partial charge in [-0.2, -0.15) is 0 Å². The smallest absolute Gasteiger partial charge is 0.0628 e. The average molecular weight is 262 g/mol. The van der Waals surface area contributed by atoms with Gasteiger partial charge in [-0.05, 0) is 16.5 Å². The van der Waals surface area contributed by atoms with Crippen LogP contribution >= 0.6 is 0 Å². The molecule has 1 aromatic rings. The summed E-state index contributed by atoms with van der Waals surface area (Å²) in [6.07, 6.45) is 0. The second kappa shape index (κ2) is 6.04. The molecule has 1 unspecified atom stereocenters. The molecule has 3 nitrogen and oxygen atoms in total. The van der Waals surface area contributed by atoms with Crippen molar-refractivity contribution in [2.45, 2.75) is 32.2 Å². The van der Waals surface area contributed by atoms with Gasteiger partial charge >= 0.3 is 0 Å². The van der Waals surface area contributed by atoms with Gasteiger partial charge in [0.25, 0.3) is 0 Å². The standard InChI is InChI=1S/C16H26N2O/c1-16(2,3)14-6-4-13(5-7-14)15(12-19)18-10-8-17-9-11-18/h4-7,15,17,19H,8-12H2,1-3H3. The second-order valence-electron chi connectivity index (χ2n) is 6.36. The lowest BCUT2D eigenvalue weighted by atomic mass is 9.86. The molecule has 1 aliphatic rings. The lowest BCUT2D eigenvalue weighted by Gasteiger charge is -2.34. The highest BCUT2D eigenvalue weighted by Crippen LogP contribution is 2.26. The first-order valence-electron chi connectivity index (χ1n) is 7.18.